The van der Waals surface area contributed by atoms with Gasteiger partial charge in [0.2, 0.25) is 5.91 Å². The van der Waals surface area contributed by atoms with Crippen LogP contribution in [0, 0.1) is 0 Å². The van der Waals surface area contributed by atoms with Gasteiger partial charge in [-0.3, -0.25) is 9.59 Å². The normalized spacial score (nSPS) is 12.3. The number of furan rings is 1. The molecular weight excluding hydrogens is 409 g/mol. The van der Waals surface area contributed by atoms with Crippen LogP contribution in [0.15, 0.2) is 47.1 Å². The first-order valence-corrected chi connectivity index (χ1v) is 10.1. The third-order valence-electron chi connectivity index (χ3n) is 3.77. The quantitative estimate of drug-likeness (QED) is 0.604. The summed E-state index contributed by atoms with van der Waals surface area (Å²) in [5, 5.41) is 5.37. The zero-order valence-electron chi connectivity index (χ0n) is 15.6. The number of nitrogens with one attached hydrogen (secondary N) is 2. The summed E-state index contributed by atoms with van der Waals surface area (Å²) < 4.78 is 46.2. The first-order valence-electron chi connectivity index (χ1n) is 8.68. The van der Waals surface area contributed by atoms with Crippen LogP contribution in [0.25, 0.3) is 0 Å². The second-order valence-corrected chi connectivity index (χ2v) is 7.04. The van der Waals surface area contributed by atoms with Crippen molar-refractivity contribution in [2.75, 3.05) is 18.6 Å². The lowest BCUT2D eigenvalue weighted by Crippen LogP contribution is -2.46. The summed E-state index contributed by atoms with van der Waals surface area (Å²) in [4.78, 5) is 24.6. The molecule has 0 aliphatic rings. The fourth-order valence-electron chi connectivity index (χ4n) is 2.32. The predicted molar refractivity (Wildman–Crippen MR) is 103 cm³/mol. The van der Waals surface area contributed by atoms with Gasteiger partial charge in [-0.05, 0) is 48.3 Å². The van der Waals surface area contributed by atoms with E-state index >= 15 is 0 Å². The van der Waals surface area contributed by atoms with Gasteiger partial charge in [0, 0.05) is 6.54 Å². The number of carbonyl (C=O) groups excluding carboxylic acids is 2. The highest BCUT2D eigenvalue weighted by Crippen LogP contribution is 2.18. The molecule has 0 aliphatic heterocycles. The van der Waals surface area contributed by atoms with Crippen LogP contribution in [-0.2, 0) is 11.3 Å². The Morgan fingerprint density at radius 2 is 1.93 bits per heavy atom. The molecule has 1 atom stereocenters. The van der Waals surface area contributed by atoms with Gasteiger partial charge in [-0.1, -0.05) is 12.1 Å². The molecule has 0 saturated carbocycles. The number of carbonyl (C=O) groups is 2. The SMILES string of the molecule is CSCCC(NC(=O)c1ccco1)C(=O)NCc1ccc(OCC(F)(F)F)cc1. The Kier molecular flexibility index (Phi) is 8.44. The van der Waals surface area contributed by atoms with Gasteiger partial charge < -0.3 is 19.8 Å². The average Bonchev–Trinajstić information content (AvgIpc) is 3.22. The van der Waals surface area contributed by atoms with E-state index in [2.05, 4.69) is 15.4 Å². The maximum atomic E-state index is 12.5. The molecule has 1 aromatic carbocycles. The second-order valence-electron chi connectivity index (χ2n) is 6.05. The van der Waals surface area contributed by atoms with E-state index in [0.717, 1.165) is 0 Å². The number of amides is 2. The van der Waals surface area contributed by atoms with Crippen molar-refractivity contribution < 1.29 is 31.9 Å². The summed E-state index contributed by atoms with van der Waals surface area (Å²) in [5.74, 6) is 0.0167. The van der Waals surface area contributed by atoms with Crippen LogP contribution in [-0.4, -0.2) is 42.6 Å². The summed E-state index contributed by atoms with van der Waals surface area (Å²) in [6.45, 7) is -1.21. The van der Waals surface area contributed by atoms with Crippen LogP contribution in [0.2, 0.25) is 0 Å². The van der Waals surface area contributed by atoms with Crippen molar-refractivity contribution >= 4 is 23.6 Å². The molecule has 0 spiro atoms. The highest BCUT2D eigenvalue weighted by molar-refractivity contribution is 7.98. The lowest BCUT2D eigenvalue weighted by molar-refractivity contribution is -0.153. The summed E-state index contributed by atoms with van der Waals surface area (Å²) in [7, 11) is 0. The van der Waals surface area contributed by atoms with Crippen LogP contribution >= 0.6 is 11.8 Å². The molecule has 29 heavy (non-hydrogen) atoms. The van der Waals surface area contributed by atoms with Gasteiger partial charge in [-0.2, -0.15) is 24.9 Å². The highest BCUT2D eigenvalue weighted by atomic mass is 32.2. The van der Waals surface area contributed by atoms with Crippen molar-refractivity contribution in [3.63, 3.8) is 0 Å². The Labute approximate surface area is 170 Å². The number of rotatable bonds is 10. The molecule has 158 valence electrons. The molecule has 2 N–H and O–H groups in total. The van der Waals surface area contributed by atoms with Gasteiger partial charge >= 0.3 is 6.18 Å². The third kappa shape index (κ3) is 8.10. The minimum absolute atomic E-state index is 0.0842. The summed E-state index contributed by atoms with van der Waals surface area (Å²) in [6.07, 6.45) is -0.706. The first kappa shape index (κ1) is 22.7. The van der Waals surface area contributed by atoms with Crippen LogP contribution in [0.4, 0.5) is 13.2 Å². The molecule has 0 aliphatic carbocycles. The molecule has 2 rings (SSSR count). The minimum atomic E-state index is -4.40. The molecular formula is C19H21F3N2O4S. The van der Waals surface area contributed by atoms with E-state index in [1.165, 1.54) is 24.5 Å². The molecule has 0 fully saturated rings. The Hall–Kier alpha value is -2.62. The monoisotopic (exact) mass is 430 g/mol. The van der Waals surface area contributed by atoms with Crippen molar-refractivity contribution in [2.24, 2.45) is 0 Å². The van der Waals surface area contributed by atoms with Gasteiger partial charge in [0.1, 0.15) is 11.8 Å². The first-order chi connectivity index (χ1) is 13.8. The standard InChI is InChI=1S/C19H21F3N2O4S/c1-29-10-8-15(24-18(26)16-3-2-9-27-16)17(25)23-11-13-4-6-14(7-5-13)28-12-19(20,21)22/h2-7,9,15H,8,10-12H2,1H3,(H,23,25)(H,24,26). The largest absolute Gasteiger partial charge is 0.484 e. The number of hydrogen-bond donors (Lipinski definition) is 2. The lowest BCUT2D eigenvalue weighted by atomic mass is 10.1. The van der Waals surface area contributed by atoms with E-state index in [-0.39, 0.29) is 24.0 Å². The van der Waals surface area contributed by atoms with Crippen molar-refractivity contribution in [1.82, 2.24) is 10.6 Å². The molecule has 1 aromatic heterocycles. The Bertz CT molecular complexity index is 780. The molecule has 2 aromatic rings. The zero-order chi connectivity index (χ0) is 21.3. The van der Waals surface area contributed by atoms with Gasteiger partial charge in [0.25, 0.3) is 5.91 Å². The van der Waals surface area contributed by atoms with Crippen LogP contribution < -0.4 is 15.4 Å². The zero-order valence-corrected chi connectivity index (χ0v) is 16.4. The van der Waals surface area contributed by atoms with Gasteiger partial charge in [0.15, 0.2) is 12.4 Å². The van der Waals surface area contributed by atoms with Gasteiger partial charge in [0.05, 0.1) is 6.26 Å². The van der Waals surface area contributed by atoms with Gasteiger partial charge in [-0.15, -0.1) is 0 Å². The number of alkyl halides is 3. The van der Waals surface area contributed by atoms with Crippen LogP contribution in [0.5, 0.6) is 5.75 Å². The topological polar surface area (TPSA) is 80.6 Å². The molecule has 0 bridgehead atoms. The Balaban J connectivity index is 1.88. The Morgan fingerprint density at radius 3 is 2.52 bits per heavy atom. The van der Waals surface area contributed by atoms with E-state index < -0.39 is 24.7 Å². The number of thioether (sulfide) groups is 1. The maximum Gasteiger partial charge on any atom is 0.422 e. The number of benzene rings is 1. The Morgan fingerprint density at radius 1 is 1.21 bits per heavy atom. The molecule has 0 saturated heterocycles. The van der Waals surface area contributed by atoms with Crippen LogP contribution in [0.1, 0.15) is 22.5 Å². The summed E-state index contributed by atoms with van der Waals surface area (Å²) >= 11 is 1.55. The van der Waals surface area contributed by atoms with Crippen molar-refractivity contribution in [3.05, 3.63) is 54.0 Å². The smallest absolute Gasteiger partial charge is 0.422 e. The minimum Gasteiger partial charge on any atom is -0.484 e. The van der Waals surface area contributed by atoms with E-state index in [1.807, 2.05) is 6.26 Å². The summed E-state index contributed by atoms with van der Waals surface area (Å²) in [6, 6.07) is 8.26. The highest BCUT2D eigenvalue weighted by Gasteiger charge is 2.28. The molecule has 2 amide bonds. The van der Waals surface area contributed by atoms with Gasteiger partial charge in [-0.25, -0.2) is 0 Å². The van der Waals surface area contributed by atoms with E-state index in [9.17, 15) is 22.8 Å². The van der Waals surface area contributed by atoms with Crippen molar-refractivity contribution in [3.8, 4) is 5.75 Å². The average molecular weight is 430 g/mol. The fraction of sp³-hybridized carbons (Fsp3) is 0.368. The molecule has 6 nitrogen and oxygen atoms in total. The number of hydrogen-bond acceptors (Lipinski definition) is 5. The molecule has 10 heteroatoms. The predicted octanol–water partition coefficient (Wildman–Crippen LogP) is 3.39. The lowest BCUT2D eigenvalue weighted by Gasteiger charge is -2.17. The van der Waals surface area contributed by atoms with E-state index in [1.54, 1.807) is 30.0 Å². The number of halogens is 3. The van der Waals surface area contributed by atoms with Crippen molar-refractivity contribution in [2.45, 2.75) is 25.2 Å². The maximum absolute atomic E-state index is 12.5. The van der Waals surface area contributed by atoms with Crippen LogP contribution in [0.3, 0.4) is 0 Å². The third-order valence-corrected chi connectivity index (χ3v) is 4.41. The summed E-state index contributed by atoms with van der Waals surface area (Å²) in [5.41, 5.74) is 0.679. The van der Waals surface area contributed by atoms with Crippen molar-refractivity contribution in [1.29, 1.82) is 0 Å². The second kappa shape index (κ2) is 10.8. The molecule has 0 radical (unpaired) electrons. The fourth-order valence-corrected chi connectivity index (χ4v) is 2.79. The number of ether oxygens (including phenoxy) is 1. The van der Waals surface area contributed by atoms with E-state index in [0.29, 0.717) is 17.7 Å². The molecule has 1 heterocycles. The molecule has 1 unspecified atom stereocenters. The van der Waals surface area contributed by atoms with E-state index in [4.69, 9.17) is 4.42 Å².